The van der Waals surface area contributed by atoms with Crippen molar-refractivity contribution in [1.29, 1.82) is 0 Å². The molecule has 0 spiro atoms. The lowest BCUT2D eigenvalue weighted by Crippen LogP contribution is -2.12. The fourth-order valence-electron chi connectivity index (χ4n) is 2.51. The molecule has 0 bridgehead atoms. The molecule has 2 nitrogen and oxygen atoms in total. The molecular formula is C17H17BrO2. The number of alkyl halides is 1. The average Bonchev–Trinajstić information content (AvgIpc) is 2.89. The van der Waals surface area contributed by atoms with E-state index in [1.165, 1.54) is 16.7 Å². The van der Waals surface area contributed by atoms with E-state index in [-0.39, 0.29) is 0 Å². The summed E-state index contributed by atoms with van der Waals surface area (Å²) in [4.78, 5) is 0. The molecule has 0 saturated carbocycles. The number of fused-ring (bicyclic) bond motifs is 1. The number of hydrogen-bond donors (Lipinski definition) is 0. The van der Waals surface area contributed by atoms with Gasteiger partial charge >= 0.3 is 0 Å². The van der Waals surface area contributed by atoms with Crippen molar-refractivity contribution in [3.8, 4) is 11.5 Å². The van der Waals surface area contributed by atoms with Gasteiger partial charge in [-0.3, -0.25) is 0 Å². The van der Waals surface area contributed by atoms with Crippen molar-refractivity contribution in [2.75, 3.05) is 13.2 Å². The first-order chi connectivity index (χ1) is 9.78. The van der Waals surface area contributed by atoms with Gasteiger partial charge in [-0.2, -0.15) is 0 Å². The molecule has 2 aromatic rings. The first kappa shape index (κ1) is 13.5. The van der Waals surface area contributed by atoms with Crippen LogP contribution in [0.5, 0.6) is 11.5 Å². The Kier molecular flexibility index (Phi) is 3.97. The highest BCUT2D eigenvalue weighted by Gasteiger charge is 2.24. The highest BCUT2D eigenvalue weighted by Crippen LogP contribution is 2.34. The van der Waals surface area contributed by atoms with Crippen LogP contribution < -0.4 is 9.47 Å². The number of aryl methyl sites for hydroxylation is 1. The fraction of sp³-hybridized carbons (Fsp3) is 0.294. The normalized spacial score (nSPS) is 16.6. The molecule has 0 N–H and O–H groups in total. The van der Waals surface area contributed by atoms with Gasteiger partial charge in [0.25, 0.3) is 0 Å². The minimum Gasteiger partial charge on any atom is -0.493 e. The van der Waals surface area contributed by atoms with E-state index in [4.69, 9.17) is 9.47 Å². The van der Waals surface area contributed by atoms with E-state index in [0.29, 0.717) is 19.1 Å². The molecule has 1 unspecified atom stereocenters. The molecule has 1 atom stereocenters. The minimum atomic E-state index is 0.315. The van der Waals surface area contributed by atoms with Crippen molar-refractivity contribution in [3.05, 3.63) is 59.2 Å². The molecule has 3 heteroatoms. The third-order valence-electron chi connectivity index (χ3n) is 3.60. The molecule has 1 heterocycles. The number of benzene rings is 2. The van der Waals surface area contributed by atoms with Crippen molar-refractivity contribution in [1.82, 2.24) is 0 Å². The summed E-state index contributed by atoms with van der Waals surface area (Å²) in [7, 11) is 0. The van der Waals surface area contributed by atoms with Gasteiger partial charge in [0.05, 0.1) is 19.1 Å². The summed E-state index contributed by atoms with van der Waals surface area (Å²) in [6.45, 7) is 3.45. The van der Waals surface area contributed by atoms with E-state index < -0.39 is 0 Å². The maximum atomic E-state index is 6.01. The molecular weight excluding hydrogens is 316 g/mol. The van der Waals surface area contributed by atoms with E-state index in [9.17, 15) is 0 Å². The first-order valence-corrected chi connectivity index (χ1v) is 7.90. The van der Waals surface area contributed by atoms with Crippen LogP contribution in [0.2, 0.25) is 0 Å². The summed E-state index contributed by atoms with van der Waals surface area (Å²) < 4.78 is 11.7. The molecule has 20 heavy (non-hydrogen) atoms. The first-order valence-electron chi connectivity index (χ1n) is 6.78. The quantitative estimate of drug-likeness (QED) is 0.770. The van der Waals surface area contributed by atoms with Crippen LogP contribution in [0, 0.1) is 6.92 Å². The molecule has 1 aliphatic rings. The SMILES string of the molecule is Cc1ccc(OCC2COc3ccccc32)c(CBr)c1. The molecule has 0 saturated heterocycles. The Bertz CT molecular complexity index is 610. The maximum absolute atomic E-state index is 6.01. The molecule has 2 aromatic carbocycles. The van der Waals surface area contributed by atoms with Gasteiger partial charge in [0.1, 0.15) is 11.5 Å². The average molecular weight is 333 g/mol. The Morgan fingerprint density at radius 2 is 2.10 bits per heavy atom. The Hall–Kier alpha value is -1.48. The Morgan fingerprint density at radius 3 is 2.95 bits per heavy atom. The third-order valence-corrected chi connectivity index (χ3v) is 4.20. The second kappa shape index (κ2) is 5.88. The summed E-state index contributed by atoms with van der Waals surface area (Å²) >= 11 is 3.52. The lowest BCUT2D eigenvalue weighted by molar-refractivity contribution is 0.247. The van der Waals surface area contributed by atoms with Crippen molar-refractivity contribution >= 4 is 15.9 Å². The fourth-order valence-corrected chi connectivity index (χ4v) is 2.95. The van der Waals surface area contributed by atoms with E-state index in [2.05, 4.69) is 47.1 Å². The number of ether oxygens (including phenoxy) is 2. The number of rotatable bonds is 4. The van der Waals surface area contributed by atoms with Gasteiger partial charge in [0.15, 0.2) is 0 Å². The largest absolute Gasteiger partial charge is 0.493 e. The van der Waals surface area contributed by atoms with E-state index >= 15 is 0 Å². The second-order valence-corrected chi connectivity index (χ2v) is 5.66. The van der Waals surface area contributed by atoms with Crippen LogP contribution in [0.25, 0.3) is 0 Å². The van der Waals surface area contributed by atoms with Crippen molar-refractivity contribution < 1.29 is 9.47 Å². The zero-order valence-corrected chi connectivity index (χ0v) is 13.0. The van der Waals surface area contributed by atoms with Crippen molar-refractivity contribution in [2.24, 2.45) is 0 Å². The zero-order valence-electron chi connectivity index (χ0n) is 11.4. The van der Waals surface area contributed by atoms with Crippen LogP contribution in [0.1, 0.15) is 22.6 Å². The molecule has 3 rings (SSSR count). The van der Waals surface area contributed by atoms with Crippen LogP contribution >= 0.6 is 15.9 Å². The van der Waals surface area contributed by atoms with Gasteiger partial charge in [0.2, 0.25) is 0 Å². The predicted molar refractivity (Wildman–Crippen MR) is 84.0 cm³/mol. The van der Waals surface area contributed by atoms with Crippen LogP contribution in [-0.4, -0.2) is 13.2 Å². The Labute approximate surface area is 127 Å². The molecule has 0 amide bonds. The van der Waals surface area contributed by atoms with Gasteiger partial charge in [-0.25, -0.2) is 0 Å². The highest BCUT2D eigenvalue weighted by atomic mass is 79.9. The van der Waals surface area contributed by atoms with Crippen molar-refractivity contribution in [3.63, 3.8) is 0 Å². The van der Waals surface area contributed by atoms with Gasteiger partial charge in [-0.15, -0.1) is 0 Å². The summed E-state index contributed by atoms with van der Waals surface area (Å²) in [6.07, 6.45) is 0. The summed E-state index contributed by atoms with van der Waals surface area (Å²) in [5, 5.41) is 0.807. The van der Waals surface area contributed by atoms with E-state index in [1.54, 1.807) is 0 Å². The number of hydrogen-bond acceptors (Lipinski definition) is 2. The van der Waals surface area contributed by atoms with Crippen LogP contribution in [-0.2, 0) is 5.33 Å². The summed E-state index contributed by atoms with van der Waals surface area (Å²) in [5.41, 5.74) is 3.69. The van der Waals surface area contributed by atoms with E-state index in [1.807, 2.05) is 18.2 Å². The maximum Gasteiger partial charge on any atom is 0.123 e. The number of para-hydroxylation sites is 1. The van der Waals surface area contributed by atoms with Crippen LogP contribution in [0.15, 0.2) is 42.5 Å². The summed E-state index contributed by atoms with van der Waals surface area (Å²) in [6, 6.07) is 14.5. The molecule has 0 radical (unpaired) electrons. The monoisotopic (exact) mass is 332 g/mol. The molecule has 0 fully saturated rings. The molecule has 104 valence electrons. The van der Waals surface area contributed by atoms with Gasteiger partial charge in [0, 0.05) is 16.5 Å². The van der Waals surface area contributed by atoms with Crippen LogP contribution in [0.3, 0.4) is 0 Å². The van der Waals surface area contributed by atoms with E-state index in [0.717, 1.165) is 16.8 Å². The summed E-state index contributed by atoms with van der Waals surface area (Å²) in [5.74, 6) is 2.26. The standard InChI is InChI=1S/C17H17BrO2/c1-12-6-7-16(13(8-12)9-18)19-10-14-11-20-17-5-3-2-4-15(14)17/h2-8,14H,9-11H2,1H3. The lowest BCUT2D eigenvalue weighted by atomic mass is 10.0. The molecule has 0 aliphatic carbocycles. The Morgan fingerprint density at radius 1 is 1.25 bits per heavy atom. The highest BCUT2D eigenvalue weighted by molar-refractivity contribution is 9.08. The van der Waals surface area contributed by atoms with Gasteiger partial charge in [-0.1, -0.05) is 51.8 Å². The second-order valence-electron chi connectivity index (χ2n) is 5.10. The molecule has 0 aromatic heterocycles. The molecule has 1 aliphatic heterocycles. The van der Waals surface area contributed by atoms with Crippen LogP contribution in [0.4, 0.5) is 0 Å². The number of halogens is 1. The van der Waals surface area contributed by atoms with Gasteiger partial charge < -0.3 is 9.47 Å². The lowest BCUT2D eigenvalue weighted by Gasteiger charge is -2.14. The van der Waals surface area contributed by atoms with Crippen molar-refractivity contribution in [2.45, 2.75) is 18.2 Å². The Balaban J connectivity index is 1.72. The van der Waals surface area contributed by atoms with Gasteiger partial charge in [-0.05, 0) is 19.1 Å². The third kappa shape index (κ3) is 2.68. The smallest absolute Gasteiger partial charge is 0.123 e. The zero-order chi connectivity index (χ0) is 13.9. The predicted octanol–water partition coefficient (Wildman–Crippen LogP) is 4.44. The topological polar surface area (TPSA) is 18.5 Å². The minimum absolute atomic E-state index is 0.315.